The predicted octanol–water partition coefficient (Wildman–Crippen LogP) is 4.24. The van der Waals surface area contributed by atoms with Crippen molar-refractivity contribution in [1.82, 2.24) is 9.55 Å². The Bertz CT molecular complexity index is 1510. The fourth-order valence-electron chi connectivity index (χ4n) is 4.14. The minimum Gasteiger partial charge on any atom is -0.465 e. The molecule has 0 fully saturated rings. The molecule has 10 nitrogen and oxygen atoms in total. The van der Waals surface area contributed by atoms with Crippen LogP contribution in [0.4, 0.5) is 10.6 Å². The number of nitrogens with one attached hydrogen (secondary N) is 1. The Balaban J connectivity index is 1.49. The minimum absolute atomic E-state index is 0.00173. The second-order valence-electron chi connectivity index (χ2n) is 8.81. The Morgan fingerprint density at radius 3 is 2.51 bits per heavy atom. The third-order valence-electron chi connectivity index (χ3n) is 6.11. The first-order valence-electron chi connectivity index (χ1n) is 12.4. The van der Waals surface area contributed by atoms with E-state index in [0.717, 1.165) is 15.8 Å². The van der Waals surface area contributed by atoms with Crippen molar-refractivity contribution in [2.75, 3.05) is 18.1 Å². The number of pyridine rings is 1. The summed E-state index contributed by atoms with van der Waals surface area (Å²) in [5, 5.41) is 8.23. The van der Waals surface area contributed by atoms with Crippen molar-refractivity contribution in [1.29, 1.82) is 5.41 Å². The molecule has 1 amide bonds. The Morgan fingerprint density at radius 1 is 1.08 bits per heavy atom. The van der Waals surface area contributed by atoms with E-state index in [0.29, 0.717) is 29.5 Å². The third-order valence-corrected chi connectivity index (χ3v) is 6.11. The molecule has 0 aliphatic carbocycles. The summed E-state index contributed by atoms with van der Waals surface area (Å²) < 4.78 is 12.4. The number of fused-ring (bicyclic) bond motifs is 1. The lowest BCUT2D eigenvalue weighted by Crippen LogP contribution is -2.39. The summed E-state index contributed by atoms with van der Waals surface area (Å²) in [6, 6.07) is 17.3. The molecule has 2 aromatic carbocycles. The second kappa shape index (κ2) is 12.0. The average Bonchev–Trinajstić information content (AvgIpc) is 3.27. The van der Waals surface area contributed by atoms with E-state index in [-0.39, 0.29) is 36.3 Å². The highest BCUT2D eigenvalue weighted by Gasteiger charge is 2.24. The largest absolute Gasteiger partial charge is 0.465 e. The molecule has 0 atom stereocenters. The summed E-state index contributed by atoms with van der Waals surface area (Å²) in [7, 11) is 1.81. The zero-order valence-electron chi connectivity index (χ0n) is 21.7. The highest BCUT2D eigenvalue weighted by molar-refractivity contribution is 6.08. The number of benzene rings is 2. The number of esters is 1. The maximum Gasteiger partial charge on any atom is 0.421 e. The van der Waals surface area contributed by atoms with E-state index < -0.39 is 12.1 Å². The van der Waals surface area contributed by atoms with E-state index in [4.69, 9.17) is 20.6 Å². The molecular weight excluding hydrogens is 498 g/mol. The summed E-state index contributed by atoms with van der Waals surface area (Å²) in [4.78, 5) is 43.5. The number of hydrogen-bond donors (Lipinski definition) is 2. The standard InChI is InChI=1S/C29H29N5O5/c1-3-38-27(36)18-34(26-6-4-5-15-32-26)29(37)39-21-12-13-22-23(17-33(2)24(22)16-21)25(35)14-9-19-7-10-20(11-8-19)28(30)31/h4-8,10-13,15-17H,3,9,14,18H2,1-2H3,(H3,30,31). The lowest BCUT2D eigenvalue weighted by atomic mass is 10.0. The van der Waals surface area contributed by atoms with Gasteiger partial charge in [-0.05, 0) is 43.2 Å². The number of aryl methyl sites for hydroxylation is 2. The number of nitrogen functional groups attached to an aromatic ring is 1. The van der Waals surface area contributed by atoms with Gasteiger partial charge in [-0.15, -0.1) is 0 Å². The van der Waals surface area contributed by atoms with Crippen LogP contribution in [0, 0.1) is 5.41 Å². The van der Waals surface area contributed by atoms with Gasteiger partial charge in [0, 0.05) is 48.4 Å². The summed E-state index contributed by atoms with van der Waals surface area (Å²) in [5.41, 5.74) is 8.40. The second-order valence-corrected chi connectivity index (χ2v) is 8.81. The molecule has 0 aliphatic heterocycles. The van der Waals surface area contributed by atoms with Gasteiger partial charge in [-0.1, -0.05) is 30.3 Å². The number of nitrogens with two attached hydrogens (primary N) is 1. The number of ketones is 1. The van der Waals surface area contributed by atoms with Crippen LogP contribution >= 0.6 is 0 Å². The first-order valence-corrected chi connectivity index (χ1v) is 12.4. The minimum atomic E-state index is -0.789. The van der Waals surface area contributed by atoms with E-state index in [9.17, 15) is 14.4 Å². The lowest BCUT2D eigenvalue weighted by Gasteiger charge is -2.20. The number of aromatic nitrogens is 2. The lowest BCUT2D eigenvalue weighted by molar-refractivity contribution is -0.141. The quantitative estimate of drug-likeness (QED) is 0.136. The van der Waals surface area contributed by atoms with Crippen LogP contribution in [-0.2, 0) is 23.0 Å². The van der Waals surface area contributed by atoms with Crippen LogP contribution in [0.2, 0.25) is 0 Å². The number of anilines is 1. The van der Waals surface area contributed by atoms with Gasteiger partial charge in [0.1, 0.15) is 23.9 Å². The summed E-state index contributed by atoms with van der Waals surface area (Å²) >= 11 is 0. The van der Waals surface area contributed by atoms with E-state index >= 15 is 0 Å². The SMILES string of the molecule is CCOC(=O)CN(C(=O)Oc1ccc2c(C(=O)CCc3ccc(C(=N)N)cc3)cn(C)c2c1)c1ccccn1. The first-order chi connectivity index (χ1) is 18.8. The molecule has 39 heavy (non-hydrogen) atoms. The molecule has 0 bridgehead atoms. The fraction of sp³-hybridized carbons (Fsp3) is 0.207. The molecule has 0 saturated carbocycles. The highest BCUT2D eigenvalue weighted by atomic mass is 16.6. The Kier molecular flexibility index (Phi) is 8.35. The van der Waals surface area contributed by atoms with Crippen LogP contribution in [-0.4, -0.2) is 46.4 Å². The molecule has 0 radical (unpaired) electrons. The number of hydrogen-bond acceptors (Lipinski definition) is 7. The van der Waals surface area contributed by atoms with Gasteiger partial charge >= 0.3 is 12.1 Å². The van der Waals surface area contributed by atoms with Crippen molar-refractivity contribution in [2.24, 2.45) is 12.8 Å². The van der Waals surface area contributed by atoms with Crippen molar-refractivity contribution in [3.8, 4) is 5.75 Å². The first kappa shape index (κ1) is 27.1. The van der Waals surface area contributed by atoms with Crippen LogP contribution in [0.1, 0.15) is 34.8 Å². The molecule has 200 valence electrons. The molecule has 4 rings (SSSR count). The highest BCUT2D eigenvalue weighted by Crippen LogP contribution is 2.27. The fourth-order valence-corrected chi connectivity index (χ4v) is 4.14. The summed E-state index contributed by atoms with van der Waals surface area (Å²) in [6.45, 7) is 1.51. The molecule has 0 aliphatic rings. The van der Waals surface area contributed by atoms with E-state index in [2.05, 4.69) is 4.98 Å². The zero-order valence-corrected chi connectivity index (χ0v) is 21.7. The predicted molar refractivity (Wildman–Crippen MR) is 147 cm³/mol. The number of amidine groups is 1. The number of carbonyl (C=O) groups excluding carboxylic acids is 3. The summed E-state index contributed by atoms with van der Waals surface area (Å²) in [6.07, 6.45) is 3.34. The number of ether oxygens (including phenoxy) is 2. The van der Waals surface area contributed by atoms with Crippen molar-refractivity contribution in [3.63, 3.8) is 0 Å². The van der Waals surface area contributed by atoms with Crippen LogP contribution in [0.3, 0.4) is 0 Å². The van der Waals surface area contributed by atoms with Crippen molar-refractivity contribution in [3.05, 3.63) is 89.7 Å². The molecular formula is C29H29N5O5. The Morgan fingerprint density at radius 2 is 1.85 bits per heavy atom. The summed E-state index contributed by atoms with van der Waals surface area (Å²) in [5.74, 6) is -0.100. The molecule has 10 heteroatoms. The van der Waals surface area contributed by atoms with Crippen LogP contribution in [0.15, 0.2) is 73.1 Å². The zero-order chi connectivity index (χ0) is 27.9. The van der Waals surface area contributed by atoms with Crippen LogP contribution in [0.5, 0.6) is 5.75 Å². The van der Waals surface area contributed by atoms with Gasteiger partial charge in [-0.3, -0.25) is 15.0 Å². The molecule has 2 heterocycles. The molecule has 0 saturated heterocycles. The number of rotatable bonds is 10. The third kappa shape index (κ3) is 6.48. The number of amides is 1. The van der Waals surface area contributed by atoms with Gasteiger partial charge in [0.25, 0.3) is 0 Å². The molecule has 0 unspecified atom stereocenters. The van der Waals surface area contributed by atoms with E-state index in [1.807, 2.05) is 19.2 Å². The Hall–Kier alpha value is -4.99. The molecule has 3 N–H and O–H groups in total. The smallest absolute Gasteiger partial charge is 0.421 e. The van der Waals surface area contributed by atoms with Crippen molar-refractivity contribution >= 4 is 40.4 Å². The topological polar surface area (TPSA) is 141 Å². The number of carbonyl (C=O) groups is 3. The van der Waals surface area contributed by atoms with Gasteiger partial charge in [-0.25, -0.2) is 14.7 Å². The maximum atomic E-state index is 13.1. The van der Waals surface area contributed by atoms with Gasteiger partial charge < -0.3 is 19.8 Å². The molecule has 2 aromatic heterocycles. The van der Waals surface area contributed by atoms with E-state index in [1.165, 1.54) is 6.20 Å². The molecule has 0 spiro atoms. The monoisotopic (exact) mass is 527 g/mol. The maximum absolute atomic E-state index is 13.1. The molecule has 4 aromatic rings. The van der Waals surface area contributed by atoms with Crippen LogP contribution in [0.25, 0.3) is 10.9 Å². The average molecular weight is 528 g/mol. The van der Waals surface area contributed by atoms with Gasteiger partial charge in [0.05, 0.1) is 12.1 Å². The van der Waals surface area contributed by atoms with Crippen LogP contribution < -0.4 is 15.4 Å². The van der Waals surface area contributed by atoms with Crippen molar-refractivity contribution < 1.29 is 23.9 Å². The van der Waals surface area contributed by atoms with E-state index in [1.54, 1.807) is 66.2 Å². The van der Waals surface area contributed by atoms with Gasteiger partial charge in [0.15, 0.2) is 5.78 Å². The number of nitrogens with zero attached hydrogens (tertiary/aromatic N) is 3. The normalized spacial score (nSPS) is 10.7. The van der Waals surface area contributed by atoms with Crippen molar-refractivity contribution in [2.45, 2.75) is 19.8 Å². The number of Topliss-reactive ketones (excluding diaryl/α,β-unsaturated/α-hetero) is 1. The van der Waals surface area contributed by atoms with Gasteiger partial charge in [0.2, 0.25) is 0 Å². The Labute approximate surface area is 225 Å². The van der Waals surface area contributed by atoms with Gasteiger partial charge in [-0.2, -0.15) is 0 Å².